The molecular formula is C69H64N2S. The summed E-state index contributed by atoms with van der Waals surface area (Å²) in [5.74, 6) is 2.07. The lowest BCUT2D eigenvalue weighted by Gasteiger charge is -2.33. The molecule has 356 valence electrons. The maximum atomic E-state index is 2.61. The second-order valence-corrected chi connectivity index (χ2v) is 23.5. The molecule has 2 saturated carbocycles. The number of nitrogens with zero attached hydrogens (tertiary/aromatic N) is 2. The van der Waals surface area contributed by atoms with E-state index in [1.807, 2.05) is 11.3 Å². The number of fused-ring (bicyclic) bond motifs is 10. The topological polar surface area (TPSA) is 6.48 Å². The Hall–Kier alpha value is -6.68. The van der Waals surface area contributed by atoms with Crippen molar-refractivity contribution in [1.82, 2.24) is 0 Å². The molecule has 1 unspecified atom stereocenters. The molecule has 14 rings (SSSR count). The fraction of sp³-hybridized carbons (Fsp3) is 0.275. The zero-order valence-electron chi connectivity index (χ0n) is 42.0. The molecular weight excluding hydrogens is 889 g/mol. The van der Waals surface area contributed by atoms with Gasteiger partial charge >= 0.3 is 0 Å². The molecule has 0 bridgehead atoms. The lowest BCUT2D eigenvalue weighted by molar-refractivity contribution is 0.285. The highest BCUT2D eigenvalue weighted by molar-refractivity contribution is 7.26. The Balaban J connectivity index is 0.983. The molecule has 0 aliphatic heterocycles. The summed E-state index contributed by atoms with van der Waals surface area (Å²) in [4.78, 5) is 5.17. The number of hydrogen-bond donors (Lipinski definition) is 0. The van der Waals surface area contributed by atoms with E-state index >= 15 is 0 Å². The smallest absolute Gasteiger partial charge is 0.0550 e. The average Bonchev–Trinajstić information content (AvgIpc) is 3.91. The molecule has 0 radical (unpaired) electrons. The molecule has 2 fully saturated rings. The van der Waals surface area contributed by atoms with Gasteiger partial charge in [-0.1, -0.05) is 156 Å². The van der Waals surface area contributed by atoms with Gasteiger partial charge in [0.2, 0.25) is 0 Å². The van der Waals surface area contributed by atoms with Crippen molar-refractivity contribution in [1.29, 1.82) is 0 Å². The van der Waals surface area contributed by atoms with E-state index in [4.69, 9.17) is 0 Å². The number of aryl methyl sites for hydroxylation is 1. The molecule has 5 aliphatic carbocycles. The molecule has 1 aromatic heterocycles. The summed E-state index contributed by atoms with van der Waals surface area (Å²) in [5, 5.41) is 7.82. The van der Waals surface area contributed by atoms with Crippen LogP contribution < -0.4 is 9.80 Å². The van der Waals surface area contributed by atoms with Gasteiger partial charge in [-0.25, -0.2) is 0 Å². The molecule has 8 aromatic carbocycles. The van der Waals surface area contributed by atoms with E-state index < -0.39 is 0 Å². The quantitative estimate of drug-likeness (QED) is 0.150. The first-order chi connectivity index (χ1) is 35.4. The minimum atomic E-state index is -0.298. The fourth-order valence-electron chi connectivity index (χ4n) is 14.0. The Morgan fingerprint density at radius 2 is 1.22 bits per heavy atom. The predicted octanol–water partition coefficient (Wildman–Crippen LogP) is 20.3. The van der Waals surface area contributed by atoms with Crippen LogP contribution in [0.1, 0.15) is 125 Å². The zero-order valence-corrected chi connectivity index (χ0v) is 42.8. The predicted molar refractivity (Wildman–Crippen MR) is 310 cm³/mol. The third kappa shape index (κ3) is 7.48. The molecule has 3 heteroatoms. The summed E-state index contributed by atoms with van der Waals surface area (Å²) in [6, 6.07) is 56.7. The molecule has 72 heavy (non-hydrogen) atoms. The van der Waals surface area contributed by atoms with Gasteiger partial charge in [0.05, 0.1) is 5.69 Å². The van der Waals surface area contributed by atoms with Gasteiger partial charge < -0.3 is 9.80 Å². The largest absolute Gasteiger partial charge is 0.311 e. The van der Waals surface area contributed by atoms with Gasteiger partial charge in [0.15, 0.2) is 0 Å². The van der Waals surface area contributed by atoms with Crippen LogP contribution in [0.15, 0.2) is 176 Å². The van der Waals surface area contributed by atoms with Gasteiger partial charge in [-0.3, -0.25) is 0 Å². The third-order valence-corrected chi connectivity index (χ3v) is 19.0. The van der Waals surface area contributed by atoms with E-state index in [0.29, 0.717) is 11.8 Å². The van der Waals surface area contributed by atoms with Crippen molar-refractivity contribution in [3.8, 4) is 11.1 Å². The first kappa shape index (κ1) is 44.1. The highest BCUT2D eigenvalue weighted by atomic mass is 32.1. The second kappa shape index (κ2) is 17.8. The lowest BCUT2D eigenvalue weighted by Crippen LogP contribution is -2.22. The SMILES string of the molecule is CC1(C)c2cc(N(C3=CCC(C4CCCCC4)C=C3)c3ccc4ccccc4c3)ccc2-c2c(N(c3ccc(C4CCCCC4)cc3)c3ccc4ccccc4c3)cc3c(sc4cc5c(cc43)CCC=C5)c21. The van der Waals surface area contributed by atoms with Crippen LogP contribution in [-0.2, 0) is 11.8 Å². The van der Waals surface area contributed by atoms with Gasteiger partial charge in [0, 0.05) is 59.6 Å². The van der Waals surface area contributed by atoms with Crippen LogP contribution in [0.2, 0.25) is 0 Å². The maximum absolute atomic E-state index is 2.61. The van der Waals surface area contributed by atoms with Crippen LogP contribution in [0, 0.1) is 11.8 Å². The van der Waals surface area contributed by atoms with Crippen LogP contribution in [0.3, 0.4) is 0 Å². The second-order valence-electron chi connectivity index (χ2n) is 22.4. The first-order valence-corrected chi connectivity index (χ1v) is 28.2. The summed E-state index contributed by atoms with van der Waals surface area (Å²) in [6.45, 7) is 5.02. The van der Waals surface area contributed by atoms with Crippen LogP contribution in [0.5, 0.6) is 0 Å². The summed E-state index contributed by atoms with van der Waals surface area (Å²) in [5.41, 5.74) is 16.9. The molecule has 0 spiro atoms. The normalized spacial score (nSPS) is 18.6. The Labute approximate surface area is 430 Å². The van der Waals surface area contributed by atoms with Crippen molar-refractivity contribution >= 4 is 87.6 Å². The Kier molecular flexibility index (Phi) is 10.9. The number of rotatable bonds is 8. The monoisotopic (exact) mass is 952 g/mol. The van der Waals surface area contributed by atoms with Gasteiger partial charge in [0.25, 0.3) is 0 Å². The van der Waals surface area contributed by atoms with E-state index in [9.17, 15) is 0 Å². The number of anilines is 5. The minimum Gasteiger partial charge on any atom is -0.311 e. The highest BCUT2D eigenvalue weighted by Crippen LogP contribution is 2.60. The number of thiophene rings is 1. The lowest BCUT2D eigenvalue weighted by atomic mass is 9.77. The van der Waals surface area contributed by atoms with E-state index in [0.717, 1.165) is 25.2 Å². The van der Waals surface area contributed by atoms with Crippen molar-refractivity contribution in [3.05, 3.63) is 203 Å². The summed E-state index contributed by atoms with van der Waals surface area (Å²) in [6.07, 6.45) is 29.1. The van der Waals surface area contributed by atoms with Crippen LogP contribution in [-0.4, -0.2) is 0 Å². The van der Waals surface area contributed by atoms with E-state index in [2.05, 4.69) is 200 Å². The van der Waals surface area contributed by atoms with Gasteiger partial charge in [0.1, 0.15) is 0 Å². The van der Waals surface area contributed by atoms with E-state index in [1.54, 1.807) is 0 Å². The summed E-state index contributed by atoms with van der Waals surface area (Å²) >= 11 is 2.01. The Morgan fingerprint density at radius 1 is 0.569 bits per heavy atom. The summed E-state index contributed by atoms with van der Waals surface area (Å²) in [7, 11) is 0. The number of allylic oxidation sites excluding steroid dienone is 4. The highest BCUT2D eigenvalue weighted by Gasteiger charge is 2.42. The summed E-state index contributed by atoms with van der Waals surface area (Å²) < 4.78 is 2.79. The average molecular weight is 953 g/mol. The Morgan fingerprint density at radius 3 is 1.93 bits per heavy atom. The molecule has 1 atom stereocenters. The Bertz CT molecular complexity index is 3680. The molecule has 0 N–H and O–H groups in total. The zero-order chi connectivity index (χ0) is 47.9. The van der Waals surface area contributed by atoms with Crippen molar-refractivity contribution in [2.75, 3.05) is 9.80 Å². The van der Waals surface area contributed by atoms with Crippen molar-refractivity contribution in [2.24, 2.45) is 11.8 Å². The van der Waals surface area contributed by atoms with Crippen LogP contribution in [0.25, 0.3) is 58.9 Å². The standard InChI is InChI=1S/C69H64N2S/c1-69(2)63-43-59(70(57-35-29-47-19-9-11-21-51(47)39-57)55-31-25-49(26-32-55)45-15-5-3-6-16-45)37-38-60(63)66-64(44-62-61-41-53-23-13-14-24-54(53)42-65(61)72-68(62)67(66)69)71(58-36-30-48-20-10-12-22-52(48)40-58)56-33-27-50(28-34-56)46-17-7-4-8-18-46/h9-12,14,19-22,24-25,27-46,49H,3-8,13,15-18,23,26H2,1-2H3. The first-order valence-electron chi connectivity index (χ1n) is 27.4. The molecule has 1 heterocycles. The maximum Gasteiger partial charge on any atom is 0.0550 e. The van der Waals surface area contributed by atoms with Crippen molar-refractivity contribution in [2.45, 2.75) is 109 Å². The van der Waals surface area contributed by atoms with Gasteiger partial charge in [-0.05, 0) is 190 Å². The van der Waals surface area contributed by atoms with Gasteiger partial charge in [-0.15, -0.1) is 11.3 Å². The molecule has 0 amide bonds. The van der Waals surface area contributed by atoms with Crippen LogP contribution in [0.4, 0.5) is 28.4 Å². The molecule has 9 aromatic rings. The number of benzene rings is 8. The van der Waals surface area contributed by atoms with E-state index in [-0.39, 0.29) is 5.41 Å². The fourth-order valence-corrected chi connectivity index (χ4v) is 15.4. The van der Waals surface area contributed by atoms with Gasteiger partial charge in [-0.2, -0.15) is 0 Å². The van der Waals surface area contributed by atoms with Crippen molar-refractivity contribution < 1.29 is 0 Å². The molecule has 2 nitrogen and oxygen atoms in total. The third-order valence-electron chi connectivity index (χ3n) is 17.8. The van der Waals surface area contributed by atoms with Crippen molar-refractivity contribution in [3.63, 3.8) is 0 Å². The minimum absolute atomic E-state index is 0.298. The molecule has 5 aliphatic rings. The number of hydrogen-bond acceptors (Lipinski definition) is 3. The molecule has 0 saturated heterocycles. The van der Waals surface area contributed by atoms with E-state index in [1.165, 1.54) is 179 Å². The van der Waals surface area contributed by atoms with Crippen LogP contribution >= 0.6 is 11.3 Å².